The summed E-state index contributed by atoms with van der Waals surface area (Å²) >= 11 is 3.28. The van der Waals surface area contributed by atoms with Gasteiger partial charge in [0.25, 0.3) is 0 Å². The first kappa shape index (κ1) is 16.1. The molecule has 0 fully saturated rings. The maximum Gasteiger partial charge on any atom is 0.315 e. The normalized spacial score (nSPS) is 17.1. The average Bonchev–Trinajstić information content (AvgIpc) is 3.11. The van der Waals surface area contributed by atoms with Gasteiger partial charge in [-0.15, -0.1) is 0 Å². The van der Waals surface area contributed by atoms with E-state index >= 15 is 0 Å². The summed E-state index contributed by atoms with van der Waals surface area (Å²) in [7, 11) is 0. The molecule has 2 aromatic heterocycles. The van der Waals surface area contributed by atoms with E-state index < -0.39 is 0 Å². The van der Waals surface area contributed by atoms with Crippen LogP contribution in [0.15, 0.2) is 33.4 Å². The van der Waals surface area contributed by atoms with Gasteiger partial charge in [0.05, 0.1) is 22.2 Å². The van der Waals surface area contributed by atoms with Crippen molar-refractivity contribution in [3.8, 4) is 0 Å². The molecule has 1 atom stereocenters. The first-order chi connectivity index (χ1) is 11.0. The van der Waals surface area contributed by atoms with Crippen LogP contribution in [-0.2, 0) is 16.1 Å². The largest absolute Gasteiger partial charge is 0.462 e. The number of ketones is 1. The summed E-state index contributed by atoms with van der Waals surface area (Å²) in [5, 5.41) is 0. The van der Waals surface area contributed by atoms with E-state index in [9.17, 15) is 9.59 Å². The van der Waals surface area contributed by atoms with Crippen molar-refractivity contribution in [3.05, 3.63) is 46.1 Å². The van der Waals surface area contributed by atoms with E-state index in [0.29, 0.717) is 5.69 Å². The third kappa shape index (κ3) is 3.13. The average molecular weight is 380 g/mol. The molecule has 1 aliphatic rings. The molecule has 0 bridgehead atoms. The van der Waals surface area contributed by atoms with E-state index in [-0.39, 0.29) is 29.5 Å². The summed E-state index contributed by atoms with van der Waals surface area (Å²) in [5.74, 6) is -0.431. The Kier molecular flexibility index (Phi) is 4.43. The number of carbonyl (C=O) groups excluding carboxylic acids is 2. The molecule has 6 heteroatoms. The fourth-order valence-corrected chi connectivity index (χ4v) is 3.25. The highest BCUT2D eigenvalue weighted by atomic mass is 79.9. The number of hydrogen-bond acceptors (Lipinski definition) is 4. The molecule has 5 nitrogen and oxygen atoms in total. The molecule has 0 spiro atoms. The Morgan fingerprint density at radius 2 is 2.17 bits per heavy atom. The number of nitrogens with zero attached hydrogens (tertiary/aromatic N) is 1. The van der Waals surface area contributed by atoms with Crippen LogP contribution in [0.5, 0.6) is 0 Å². The van der Waals surface area contributed by atoms with E-state index in [0.717, 1.165) is 29.6 Å². The predicted molar refractivity (Wildman–Crippen MR) is 87.5 cm³/mol. The molecule has 0 saturated heterocycles. The monoisotopic (exact) mass is 379 g/mol. The Balaban J connectivity index is 1.91. The summed E-state index contributed by atoms with van der Waals surface area (Å²) in [5.41, 5.74) is 1.39. The molecule has 2 aromatic rings. The summed E-state index contributed by atoms with van der Waals surface area (Å²) in [4.78, 5) is 24.9. The van der Waals surface area contributed by atoms with Gasteiger partial charge < -0.3 is 13.7 Å². The highest BCUT2D eigenvalue weighted by Gasteiger charge is 2.31. The van der Waals surface area contributed by atoms with Gasteiger partial charge in [-0.05, 0) is 54.8 Å². The Morgan fingerprint density at radius 1 is 1.39 bits per heavy atom. The number of halogens is 1. The predicted octanol–water partition coefficient (Wildman–Crippen LogP) is 3.90. The molecule has 3 rings (SSSR count). The maximum atomic E-state index is 12.6. The first-order valence-corrected chi connectivity index (χ1v) is 8.45. The quantitative estimate of drug-likeness (QED) is 0.596. The molecular weight excluding hydrogens is 362 g/mol. The van der Waals surface area contributed by atoms with E-state index in [1.807, 2.05) is 24.5 Å². The van der Waals surface area contributed by atoms with Crippen LogP contribution in [0.1, 0.15) is 54.5 Å². The molecule has 0 N–H and O–H groups in total. The minimum Gasteiger partial charge on any atom is -0.462 e. The number of fused-ring (bicyclic) bond motifs is 1. The number of carbonyl (C=O) groups is 2. The topological polar surface area (TPSA) is 61.4 Å². The van der Waals surface area contributed by atoms with Gasteiger partial charge in [0.15, 0.2) is 5.76 Å². The molecule has 0 radical (unpaired) electrons. The Bertz CT molecular complexity index is 744. The van der Waals surface area contributed by atoms with Gasteiger partial charge in [-0.2, -0.15) is 0 Å². The van der Waals surface area contributed by atoms with Gasteiger partial charge in [-0.25, -0.2) is 0 Å². The summed E-state index contributed by atoms with van der Waals surface area (Å²) < 4.78 is 13.2. The number of rotatable bonds is 4. The minimum atomic E-state index is -0.309. The lowest BCUT2D eigenvalue weighted by Gasteiger charge is -2.25. The van der Waals surface area contributed by atoms with Crippen molar-refractivity contribution in [1.29, 1.82) is 0 Å². The first-order valence-electron chi connectivity index (χ1n) is 7.66. The fourth-order valence-electron chi connectivity index (χ4n) is 2.95. The van der Waals surface area contributed by atoms with E-state index in [4.69, 9.17) is 9.15 Å². The third-order valence-electron chi connectivity index (χ3n) is 3.91. The number of hydrogen-bond donors (Lipinski definition) is 0. The van der Waals surface area contributed by atoms with Crippen molar-refractivity contribution in [1.82, 2.24) is 4.57 Å². The molecule has 0 saturated carbocycles. The van der Waals surface area contributed by atoms with Crippen molar-refractivity contribution in [2.45, 2.75) is 45.3 Å². The van der Waals surface area contributed by atoms with Crippen LogP contribution in [0.2, 0.25) is 0 Å². The Morgan fingerprint density at radius 3 is 2.83 bits per heavy atom. The summed E-state index contributed by atoms with van der Waals surface area (Å²) in [6.07, 6.45) is 2.92. The van der Waals surface area contributed by atoms with Crippen LogP contribution in [0.4, 0.5) is 0 Å². The lowest BCUT2D eigenvalue weighted by molar-refractivity contribution is -0.149. The second-order valence-corrected chi connectivity index (χ2v) is 6.85. The van der Waals surface area contributed by atoms with Gasteiger partial charge in [0.2, 0.25) is 5.78 Å². The van der Waals surface area contributed by atoms with Crippen LogP contribution < -0.4 is 0 Å². The van der Waals surface area contributed by atoms with Gasteiger partial charge in [0, 0.05) is 18.3 Å². The second kappa shape index (κ2) is 6.35. The maximum absolute atomic E-state index is 12.6. The van der Waals surface area contributed by atoms with Crippen molar-refractivity contribution >= 4 is 27.7 Å². The zero-order chi connectivity index (χ0) is 16.6. The number of aromatic nitrogens is 1. The molecule has 0 amide bonds. The van der Waals surface area contributed by atoms with Crippen LogP contribution in [-0.4, -0.2) is 22.4 Å². The van der Waals surface area contributed by atoms with Gasteiger partial charge in [-0.1, -0.05) is 0 Å². The van der Waals surface area contributed by atoms with Crippen molar-refractivity contribution < 1.29 is 18.7 Å². The zero-order valence-corrected chi connectivity index (χ0v) is 14.6. The molecular formula is C17H18BrNO4. The van der Waals surface area contributed by atoms with Gasteiger partial charge in [-0.3, -0.25) is 9.59 Å². The molecule has 1 aliphatic heterocycles. The highest BCUT2D eigenvalue weighted by molar-refractivity contribution is 9.10. The van der Waals surface area contributed by atoms with E-state index in [2.05, 4.69) is 15.9 Å². The molecule has 122 valence electrons. The van der Waals surface area contributed by atoms with Crippen molar-refractivity contribution in [2.24, 2.45) is 0 Å². The lowest BCUT2D eigenvalue weighted by atomic mass is 9.96. The van der Waals surface area contributed by atoms with Crippen molar-refractivity contribution in [2.75, 3.05) is 0 Å². The lowest BCUT2D eigenvalue weighted by Crippen LogP contribution is -2.27. The minimum absolute atomic E-state index is 0.144. The number of esters is 1. The molecule has 0 aromatic carbocycles. The molecule has 1 unspecified atom stereocenters. The van der Waals surface area contributed by atoms with E-state index in [1.54, 1.807) is 12.1 Å². The zero-order valence-electron chi connectivity index (χ0n) is 13.0. The number of furan rings is 1. The number of ether oxygens (including phenoxy) is 1. The second-order valence-electron chi connectivity index (χ2n) is 5.93. The van der Waals surface area contributed by atoms with Crippen LogP contribution in [0.3, 0.4) is 0 Å². The van der Waals surface area contributed by atoms with E-state index in [1.165, 1.54) is 6.26 Å². The fraction of sp³-hybridized carbons (Fsp3) is 0.412. The molecule has 23 heavy (non-hydrogen) atoms. The summed E-state index contributed by atoms with van der Waals surface area (Å²) in [6.45, 7) is 4.39. The standard InChI is InChI=1S/C17H18BrNO4/c1-10(2)23-17(21)12-4-3-7-19-13(12)5-6-14(19)16(20)15-8-11(18)9-22-15/h5-6,8-10,12H,3-4,7H2,1-2H3. The Hall–Kier alpha value is -1.82. The van der Waals surface area contributed by atoms with Crippen LogP contribution in [0.25, 0.3) is 0 Å². The molecule has 3 heterocycles. The van der Waals surface area contributed by atoms with Crippen LogP contribution in [0, 0.1) is 0 Å². The molecule has 0 aliphatic carbocycles. The SMILES string of the molecule is CC(C)OC(=O)C1CCCn2c(C(=O)c3cc(Br)co3)ccc21. The smallest absolute Gasteiger partial charge is 0.315 e. The van der Waals surface area contributed by atoms with Gasteiger partial charge in [0.1, 0.15) is 6.26 Å². The van der Waals surface area contributed by atoms with Crippen LogP contribution >= 0.6 is 15.9 Å². The highest BCUT2D eigenvalue weighted by Crippen LogP contribution is 2.32. The third-order valence-corrected chi connectivity index (χ3v) is 4.32. The van der Waals surface area contributed by atoms with Gasteiger partial charge >= 0.3 is 5.97 Å². The van der Waals surface area contributed by atoms with Crippen molar-refractivity contribution in [3.63, 3.8) is 0 Å². The Labute approximate surface area is 142 Å². The summed E-state index contributed by atoms with van der Waals surface area (Å²) in [6, 6.07) is 5.25.